The predicted octanol–water partition coefficient (Wildman–Crippen LogP) is 4.41. The normalized spacial score (nSPS) is 13.6. The fourth-order valence-corrected chi connectivity index (χ4v) is 3.51. The lowest BCUT2D eigenvalue weighted by Gasteiger charge is -2.02. The van der Waals surface area contributed by atoms with E-state index in [9.17, 15) is 0 Å². The highest BCUT2D eigenvalue weighted by atomic mass is 32.2. The number of hydrogen-bond donors (Lipinski definition) is 0. The number of rotatable bonds is 3. The van der Waals surface area contributed by atoms with Crippen molar-refractivity contribution < 1.29 is 0 Å². The Balaban J connectivity index is 1.79. The number of fused-ring (bicyclic) bond motifs is 1. The Bertz CT molecular complexity index is 807. The molecule has 0 unspecified atom stereocenters. The molecule has 1 aromatic heterocycles. The first kappa shape index (κ1) is 13.3. The molecule has 0 radical (unpaired) electrons. The summed E-state index contributed by atoms with van der Waals surface area (Å²) < 4.78 is 2.21. The summed E-state index contributed by atoms with van der Waals surface area (Å²) in [5.41, 5.74) is 3.18. The third-order valence-corrected chi connectivity index (χ3v) is 4.59. The molecule has 0 bridgehead atoms. The van der Waals surface area contributed by atoms with Gasteiger partial charge in [-0.25, -0.2) is 9.98 Å². The Hall–Kier alpha value is -2.33. The van der Waals surface area contributed by atoms with E-state index in [2.05, 4.69) is 28.8 Å². The molecule has 4 heteroatoms. The van der Waals surface area contributed by atoms with Crippen molar-refractivity contribution in [2.24, 2.45) is 4.99 Å². The van der Waals surface area contributed by atoms with E-state index >= 15 is 0 Å². The van der Waals surface area contributed by atoms with Gasteiger partial charge in [0.1, 0.15) is 5.69 Å². The molecule has 2 aromatic carbocycles. The lowest BCUT2D eigenvalue weighted by atomic mass is 10.1. The molecule has 0 spiro atoms. The van der Waals surface area contributed by atoms with Crippen LogP contribution in [0.5, 0.6) is 0 Å². The predicted molar refractivity (Wildman–Crippen MR) is 92.1 cm³/mol. The molecule has 0 fully saturated rings. The van der Waals surface area contributed by atoms with Crippen LogP contribution in [0.25, 0.3) is 11.3 Å². The average molecular weight is 305 g/mol. The first-order valence-corrected chi connectivity index (χ1v) is 8.28. The number of nitrogens with zero attached hydrogens (tertiary/aromatic N) is 3. The van der Waals surface area contributed by atoms with Crippen LogP contribution in [0.15, 0.2) is 70.8 Å². The second-order valence-electron chi connectivity index (χ2n) is 5.10. The Morgan fingerprint density at radius 1 is 1.00 bits per heavy atom. The molecule has 0 saturated heterocycles. The second kappa shape index (κ2) is 5.81. The van der Waals surface area contributed by atoms with E-state index in [1.807, 2.05) is 42.6 Å². The van der Waals surface area contributed by atoms with Gasteiger partial charge >= 0.3 is 0 Å². The maximum absolute atomic E-state index is 4.79. The van der Waals surface area contributed by atoms with Gasteiger partial charge in [-0.3, -0.25) is 0 Å². The third-order valence-electron chi connectivity index (χ3n) is 3.63. The molecule has 3 aromatic rings. The summed E-state index contributed by atoms with van der Waals surface area (Å²) in [7, 11) is 0. The van der Waals surface area contributed by atoms with Gasteiger partial charge in [-0.05, 0) is 5.56 Å². The van der Waals surface area contributed by atoms with Gasteiger partial charge in [0.25, 0.3) is 0 Å². The van der Waals surface area contributed by atoms with Crippen LogP contribution in [0, 0.1) is 0 Å². The van der Waals surface area contributed by atoms with Crippen molar-refractivity contribution in [3.05, 3.63) is 66.2 Å². The first-order chi connectivity index (χ1) is 10.9. The zero-order valence-electron chi connectivity index (χ0n) is 12.0. The molecule has 0 N–H and O–H groups in total. The molecule has 0 aliphatic carbocycles. The molecule has 3 nitrogen and oxygen atoms in total. The molecule has 0 atom stereocenters. The number of imidazole rings is 1. The molecular formula is C18H15N3S. The van der Waals surface area contributed by atoms with E-state index in [-0.39, 0.29) is 0 Å². The molecule has 2 heterocycles. The summed E-state index contributed by atoms with van der Waals surface area (Å²) in [6.07, 6.45) is 1.92. The van der Waals surface area contributed by atoms with E-state index < -0.39 is 0 Å². The summed E-state index contributed by atoms with van der Waals surface area (Å²) in [5.74, 6) is 2.03. The Morgan fingerprint density at radius 3 is 2.50 bits per heavy atom. The number of thioether (sulfide) groups is 1. The number of hydrogen-bond acceptors (Lipinski definition) is 3. The van der Waals surface area contributed by atoms with Crippen molar-refractivity contribution in [2.45, 2.75) is 11.7 Å². The molecule has 0 saturated carbocycles. The van der Waals surface area contributed by atoms with Crippen molar-refractivity contribution in [3.8, 4) is 11.3 Å². The quantitative estimate of drug-likeness (QED) is 0.671. The molecule has 4 rings (SSSR count). The van der Waals surface area contributed by atoms with E-state index in [1.54, 1.807) is 11.8 Å². The van der Waals surface area contributed by atoms with Crippen LogP contribution in [-0.4, -0.2) is 21.5 Å². The fourth-order valence-electron chi connectivity index (χ4n) is 2.56. The largest absolute Gasteiger partial charge is 0.303 e. The smallest absolute Gasteiger partial charge is 0.170 e. The lowest BCUT2D eigenvalue weighted by molar-refractivity contribution is 0.723. The van der Waals surface area contributed by atoms with Crippen molar-refractivity contribution in [1.82, 2.24) is 9.55 Å². The van der Waals surface area contributed by atoms with Gasteiger partial charge in [0.15, 0.2) is 11.0 Å². The second-order valence-corrected chi connectivity index (χ2v) is 6.16. The summed E-state index contributed by atoms with van der Waals surface area (Å²) in [4.78, 5) is 9.53. The maximum atomic E-state index is 4.79. The summed E-state index contributed by atoms with van der Waals surface area (Å²) in [5, 5.41) is 1.07. The Kier molecular flexibility index (Phi) is 3.52. The van der Waals surface area contributed by atoms with Crippen LogP contribution in [0.1, 0.15) is 5.56 Å². The van der Waals surface area contributed by atoms with Gasteiger partial charge in [0, 0.05) is 24.1 Å². The van der Waals surface area contributed by atoms with Crippen LogP contribution in [0.3, 0.4) is 0 Å². The first-order valence-electron chi connectivity index (χ1n) is 7.30. The topological polar surface area (TPSA) is 30.2 Å². The number of aliphatic imine (C=N–C) groups is 1. The average Bonchev–Trinajstić information content (AvgIpc) is 3.16. The molecule has 108 valence electrons. The van der Waals surface area contributed by atoms with Crippen LogP contribution < -0.4 is 0 Å². The highest BCUT2D eigenvalue weighted by Crippen LogP contribution is 2.37. The molecule has 0 amide bonds. The monoisotopic (exact) mass is 305 g/mol. The van der Waals surface area contributed by atoms with Crippen molar-refractivity contribution in [1.29, 1.82) is 0 Å². The summed E-state index contributed by atoms with van der Waals surface area (Å²) in [6, 6.07) is 20.5. The molecule has 1 aliphatic heterocycles. The van der Waals surface area contributed by atoms with Crippen LogP contribution in [0.2, 0.25) is 0 Å². The third kappa shape index (κ3) is 2.46. The fraction of sp³-hybridized carbons (Fsp3) is 0.111. The standard InChI is InChI=1S/C18H15N3S/c1-3-7-14(8-4-1)13-19-17-16(15-9-5-2-6-10-15)20-18-21(17)11-12-22-18/h1-10,13H,11-12H2. The van der Waals surface area contributed by atoms with Crippen molar-refractivity contribution >= 4 is 23.8 Å². The van der Waals surface area contributed by atoms with E-state index in [4.69, 9.17) is 9.98 Å². The SMILES string of the molecule is C(=Nc1c(-c2ccccc2)nc2n1CCS2)c1ccccc1. The van der Waals surface area contributed by atoms with Crippen molar-refractivity contribution in [2.75, 3.05) is 5.75 Å². The van der Waals surface area contributed by atoms with E-state index in [0.717, 1.165) is 40.1 Å². The maximum Gasteiger partial charge on any atom is 0.170 e. The van der Waals surface area contributed by atoms with Gasteiger partial charge < -0.3 is 4.57 Å². The minimum atomic E-state index is 0.954. The molecule has 1 aliphatic rings. The molecular weight excluding hydrogens is 290 g/mol. The van der Waals surface area contributed by atoms with Gasteiger partial charge in [0.05, 0.1) is 0 Å². The van der Waals surface area contributed by atoms with Gasteiger partial charge in [-0.15, -0.1) is 0 Å². The lowest BCUT2D eigenvalue weighted by Crippen LogP contribution is -1.93. The van der Waals surface area contributed by atoms with E-state index in [1.165, 1.54) is 0 Å². The minimum absolute atomic E-state index is 0.954. The van der Waals surface area contributed by atoms with Gasteiger partial charge in [-0.1, -0.05) is 72.4 Å². The highest BCUT2D eigenvalue weighted by Gasteiger charge is 2.21. The Labute approximate surface area is 133 Å². The van der Waals surface area contributed by atoms with Crippen LogP contribution >= 0.6 is 11.8 Å². The van der Waals surface area contributed by atoms with Crippen LogP contribution in [0.4, 0.5) is 5.82 Å². The summed E-state index contributed by atoms with van der Waals surface area (Å²) in [6.45, 7) is 0.974. The van der Waals surface area contributed by atoms with Gasteiger partial charge in [-0.2, -0.15) is 0 Å². The van der Waals surface area contributed by atoms with Crippen molar-refractivity contribution in [3.63, 3.8) is 0 Å². The van der Waals surface area contributed by atoms with Crippen LogP contribution in [-0.2, 0) is 6.54 Å². The number of aromatic nitrogens is 2. The minimum Gasteiger partial charge on any atom is -0.303 e. The zero-order chi connectivity index (χ0) is 14.8. The zero-order valence-corrected chi connectivity index (χ0v) is 12.8. The van der Waals surface area contributed by atoms with Gasteiger partial charge in [0.2, 0.25) is 0 Å². The molecule has 22 heavy (non-hydrogen) atoms. The number of benzene rings is 2. The Morgan fingerprint density at radius 2 is 1.73 bits per heavy atom. The summed E-state index contributed by atoms with van der Waals surface area (Å²) >= 11 is 1.80. The highest BCUT2D eigenvalue weighted by molar-refractivity contribution is 7.99. The van der Waals surface area contributed by atoms with E-state index in [0.29, 0.717) is 0 Å².